The molecule has 3 nitrogen and oxygen atoms in total. The summed E-state index contributed by atoms with van der Waals surface area (Å²) in [5, 5.41) is 7.98. The number of nitrogens with one attached hydrogen (secondary N) is 2. The van der Waals surface area contributed by atoms with Gasteiger partial charge in [-0.3, -0.25) is 0 Å². The Hall–Kier alpha value is -1.29. The first kappa shape index (κ1) is 24.7. The second-order valence-corrected chi connectivity index (χ2v) is 7.80. The van der Waals surface area contributed by atoms with Gasteiger partial charge in [-0.15, -0.1) is 0 Å². The van der Waals surface area contributed by atoms with Crippen LogP contribution in [0.3, 0.4) is 0 Å². The average Bonchev–Trinajstić information content (AvgIpc) is 2.70. The second kappa shape index (κ2) is 13.0. The number of anilines is 2. The van der Waals surface area contributed by atoms with Crippen molar-refractivity contribution >= 4 is 34.7 Å². The molecular formula is C23H35Cl2N3. The maximum Gasteiger partial charge on any atom is 0.130 e. The SMILES string of the molecule is CC.CCC(CC)CNCc1cnc(Nc2ccc(Cl)c(Cl)c2)cc1C(C)C. The molecule has 1 aromatic carbocycles. The molecule has 0 saturated carbocycles. The molecule has 0 saturated heterocycles. The van der Waals surface area contributed by atoms with Crippen molar-refractivity contribution in [1.29, 1.82) is 0 Å². The predicted octanol–water partition coefficient (Wildman–Crippen LogP) is 7.81. The van der Waals surface area contributed by atoms with Crippen LogP contribution in [0, 0.1) is 5.92 Å². The van der Waals surface area contributed by atoms with E-state index in [1.54, 1.807) is 6.07 Å². The minimum Gasteiger partial charge on any atom is -0.340 e. The van der Waals surface area contributed by atoms with Crippen molar-refractivity contribution in [2.45, 2.75) is 66.8 Å². The summed E-state index contributed by atoms with van der Waals surface area (Å²) in [4.78, 5) is 4.58. The minimum absolute atomic E-state index is 0.428. The molecule has 0 radical (unpaired) electrons. The van der Waals surface area contributed by atoms with E-state index in [9.17, 15) is 0 Å². The van der Waals surface area contributed by atoms with Crippen molar-refractivity contribution < 1.29 is 0 Å². The van der Waals surface area contributed by atoms with Gasteiger partial charge in [0.25, 0.3) is 0 Å². The number of rotatable bonds is 9. The van der Waals surface area contributed by atoms with E-state index in [0.29, 0.717) is 16.0 Å². The van der Waals surface area contributed by atoms with Gasteiger partial charge in [-0.1, -0.05) is 77.6 Å². The molecule has 0 unspecified atom stereocenters. The van der Waals surface area contributed by atoms with E-state index in [0.717, 1.165) is 30.5 Å². The highest BCUT2D eigenvalue weighted by Crippen LogP contribution is 2.28. The van der Waals surface area contributed by atoms with Crippen LogP contribution in [0.2, 0.25) is 10.0 Å². The molecule has 0 bridgehead atoms. The third-order valence-corrected chi connectivity index (χ3v) is 5.48. The lowest BCUT2D eigenvalue weighted by molar-refractivity contribution is 0.448. The third kappa shape index (κ3) is 7.62. The lowest BCUT2D eigenvalue weighted by Crippen LogP contribution is -2.22. The molecule has 0 aliphatic heterocycles. The number of nitrogens with zero attached hydrogens (tertiary/aromatic N) is 1. The molecule has 0 aliphatic rings. The van der Waals surface area contributed by atoms with Crippen molar-refractivity contribution in [2.24, 2.45) is 5.92 Å². The predicted molar refractivity (Wildman–Crippen MR) is 125 cm³/mol. The molecule has 2 N–H and O–H groups in total. The summed E-state index contributed by atoms with van der Waals surface area (Å²) >= 11 is 12.1. The van der Waals surface area contributed by atoms with Gasteiger partial charge in [-0.05, 0) is 53.8 Å². The number of aromatic nitrogens is 1. The van der Waals surface area contributed by atoms with Gasteiger partial charge in [0.15, 0.2) is 0 Å². The highest BCUT2D eigenvalue weighted by atomic mass is 35.5. The van der Waals surface area contributed by atoms with Gasteiger partial charge in [0, 0.05) is 18.4 Å². The lowest BCUT2D eigenvalue weighted by Gasteiger charge is -2.17. The fraction of sp³-hybridized carbons (Fsp3) is 0.522. The third-order valence-electron chi connectivity index (χ3n) is 4.74. The Morgan fingerprint density at radius 1 is 1.00 bits per heavy atom. The zero-order valence-electron chi connectivity index (χ0n) is 18.1. The smallest absolute Gasteiger partial charge is 0.130 e. The number of pyridine rings is 1. The molecule has 0 atom stereocenters. The second-order valence-electron chi connectivity index (χ2n) is 6.99. The average molecular weight is 424 g/mol. The first-order valence-corrected chi connectivity index (χ1v) is 11.1. The lowest BCUT2D eigenvalue weighted by atomic mass is 9.98. The van der Waals surface area contributed by atoms with E-state index in [1.807, 2.05) is 32.2 Å². The topological polar surface area (TPSA) is 37.0 Å². The summed E-state index contributed by atoms with van der Waals surface area (Å²) in [6.07, 6.45) is 4.39. The van der Waals surface area contributed by atoms with E-state index in [-0.39, 0.29) is 0 Å². The molecule has 0 fully saturated rings. The van der Waals surface area contributed by atoms with Crippen LogP contribution in [-0.4, -0.2) is 11.5 Å². The zero-order valence-corrected chi connectivity index (χ0v) is 19.6. The van der Waals surface area contributed by atoms with Crippen LogP contribution in [0.4, 0.5) is 11.5 Å². The molecule has 1 heterocycles. The van der Waals surface area contributed by atoms with Crippen LogP contribution in [0.1, 0.15) is 71.4 Å². The quantitative estimate of drug-likeness (QED) is 0.431. The van der Waals surface area contributed by atoms with Crippen LogP contribution in [0.15, 0.2) is 30.5 Å². The summed E-state index contributed by atoms with van der Waals surface area (Å²) < 4.78 is 0. The molecule has 0 amide bonds. The Morgan fingerprint density at radius 2 is 1.68 bits per heavy atom. The Balaban J connectivity index is 0.00000190. The number of halogens is 2. The highest BCUT2D eigenvalue weighted by Gasteiger charge is 2.11. The number of hydrogen-bond acceptors (Lipinski definition) is 3. The van der Waals surface area contributed by atoms with Gasteiger partial charge >= 0.3 is 0 Å². The molecular weight excluding hydrogens is 389 g/mol. The van der Waals surface area contributed by atoms with E-state index in [1.165, 1.54) is 24.0 Å². The van der Waals surface area contributed by atoms with Crippen LogP contribution in [0.5, 0.6) is 0 Å². The summed E-state index contributed by atoms with van der Waals surface area (Å²) in [6, 6.07) is 7.62. The van der Waals surface area contributed by atoms with Crippen molar-refractivity contribution in [1.82, 2.24) is 10.3 Å². The summed E-state index contributed by atoms with van der Waals surface area (Å²) in [5.41, 5.74) is 3.44. The normalized spacial score (nSPS) is 10.8. The Labute approximate surface area is 181 Å². The first-order chi connectivity index (χ1) is 13.4. The summed E-state index contributed by atoms with van der Waals surface area (Å²) in [6.45, 7) is 14.8. The highest BCUT2D eigenvalue weighted by molar-refractivity contribution is 6.42. The van der Waals surface area contributed by atoms with Crippen LogP contribution in [0.25, 0.3) is 0 Å². The Bertz CT molecular complexity index is 713. The van der Waals surface area contributed by atoms with Gasteiger partial charge in [0.2, 0.25) is 0 Å². The molecule has 2 aromatic rings. The van der Waals surface area contributed by atoms with Gasteiger partial charge in [-0.25, -0.2) is 4.98 Å². The monoisotopic (exact) mass is 423 g/mol. The van der Waals surface area contributed by atoms with E-state index in [4.69, 9.17) is 23.2 Å². The van der Waals surface area contributed by atoms with Crippen LogP contribution < -0.4 is 10.6 Å². The van der Waals surface area contributed by atoms with Crippen molar-refractivity contribution in [3.05, 3.63) is 51.6 Å². The molecule has 0 spiro atoms. The van der Waals surface area contributed by atoms with Gasteiger partial charge in [0.05, 0.1) is 10.0 Å². The van der Waals surface area contributed by atoms with Crippen molar-refractivity contribution in [2.75, 3.05) is 11.9 Å². The molecule has 0 aliphatic carbocycles. The van der Waals surface area contributed by atoms with Gasteiger partial charge in [-0.2, -0.15) is 0 Å². The van der Waals surface area contributed by atoms with E-state index >= 15 is 0 Å². The minimum atomic E-state index is 0.428. The standard InChI is InChI=1S/C21H29Cl2N3.C2H6/c1-5-15(6-2)11-24-12-16-13-25-21(10-18(16)14(3)4)26-17-7-8-19(22)20(23)9-17;1-2/h7-10,13-15,24H,5-6,11-12H2,1-4H3,(H,25,26);1-2H3. The van der Waals surface area contributed by atoms with Crippen molar-refractivity contribution in [3.63, 3.8) is 0 Å². The Kier molecular flexibility index (Phi) is 11.5. The Morgan fingerprint density at radius 3 is 2.25 bits per heavy atom. The number of hydrogen-bond donors (Lipinski definition) is 2. The fourth-order valence-corrected chi connectivity index (χ4v) is 3.26. The maximum atomic E-state index is 6.09. The molecule has 28 heavy (non-hydrogen) atoms. The van der Waals surface area contributed by atoms with Crippen molar-refractivity contribution in [3.8, 4) is 0 Å². The molecule has 1 aromatic heterocycles. The zero-order chi connectivity index (χ0) is 21.1. The van der Waals surface area contributed by atoms with Crippen LogP contribution >= 0.6 is 23.2 Å². The van der Waals surface area contributed by atoms with Crippen LogP contribution in [-0.2, 0) is 6.54 Å². The van der Waals surface area contributed by atoms with Gasteiger partial charge in [0.1, 0.15) is 5.82 Å². The summed E-state index contributed by atoms with van der Waals surface area (Å²) in [7, 11) is 0. The maximum absolute atomic E-state index is 6.09. The fourth-order valence-electron chi connectivity index (χ4n) is 2.96. The first-order valence-electron chi connectivity index (χ1n) is 10.4. The largest absolute Gasteiger partial charge is 0.340 e. The van der Waals surface area contributed by atoms with Gasteiger partial charge < -0.3 is 10.6 Å². The van der Waals surface area contributed by atoms with E-state index < -0.39 is 0 Å². The number of benzene rings is 1. The molecule has 5 heteroatoms. The molecule has 156 valence electrons. The van der Waals surface area contributed by atoms with E-state index in [2.05, 4.69) is 49.4 Å². The summed E-state index contributed by atoms with van der Waals surface area (Å²) in [5.74, 6) is 1.98. The molecule has 2 rings (SSSR count).